The van der Waals surface area contributed by atoms with Gasteiger partial charge in [-0.15, -0.1) is 0 Å². The molecule has 3 aromatic heterocycles. The van der Waals surface area contributed by atoms with E-state index in [0.717, 1.165) is 44.4 Å². The predicted molar refractivity (Wildman–Crippen MR) is 134 cm³/mol. The summed E-state index contributed by atoms with van der Waals surface area (Å²) in [4.78, 5) is 29.9. The highest BCUT2D eigenvalue weighted by molar-refractivity contribution is 8.00. The van der Waals surface area contributed by atoms with Crippen LogP contribution in [0.4, 0.5) is 0 Å². The van der Waals surface area contributed by atoms with E-state index in [-0.39, 0.29) is 17.6 Å². The van der Waals surface area contributed by atoms with E-state index in [1.807, 2.05) is 59.3 Å². The lowest BCUT2D eigenvalue weighted by Gasteiger charge is -2.10. The van der Waals surface area contributed by atoms with Crippen molar-refractivity contribution < 1.29 is 4.79 Å². The number of benzene rings is 2. The smallest absolute Gasteiger partial charge is 0.230 e. The van der Waals surface area contributed by atoms with Crippen molar-refractivity contribution in [2.45, 2.75) is 31.2 Å². The summed E-state index contributed by atoms with van der Waals surface area (Å²) in [6.07, 6.45) is 2.42. The van der Waals surface area contributed by atoms with Gasteiger partial charge in [-0.3, -0.25) is 4.79 Å². The second-order valence-corrected chi connectivity index (χ2v) is 9.22. The number of H-pyrrole nitrogens is 1. The first-order chi connectivity index (χ1) is 16.6. The fraction of sp³-hybridized carbons (Fsp3) is 0.240. The first-order valence-electron chi connectivity index (χ1n) is 11.2. The van der Waals surface area contributed by atoms with E-state index in [0.29, 0.717) is 13.0 Å². The van der Waals surface area contributed by atoms with Gasteiger partial charge in [-0.1, -0.05) is 55.9 Å². The molecule has 8 nitrogen and oxygen atoms in total. The molecule has 0 saturated carbocycles. The van der Waals surface area contributed by atoms with E-state index in [4.69, 9.17) is 9.97 Å². The van der Waals surface area contributed by atoms with Crippen LogP contribution in [0.2, 0.25) is 0 Å². The fourth-order valence-corrected chi connectivity index (χ4v) is 4.48. The van der Waals surface area contributed by atoms with Crippen LogP contribution in [0.1, 0.15) is 31.4 Å². The number of hydrogen-bond donors (Lipinski definition) is 2. The van der Waals surface area contributed by atoms with Gasteiger partial charge < -0.3 is 10.3 Å². The van der Waals surface area contributed by atoms with Gasteiger partial charge in [0.15, 0.2) is 5.65 Å². The highest BCUT2D eigenvalue weighted by Crippen LogP contribution is 2.28. The Hall–Kier alpha value is -3.72. The van der Waals surface area contributed by atoms with Gasteiger partial charge in [-0.05, 0) is 24.3 Å². The molecule has 2 aromatic carbocycles. The lowest BCUT2D eigenvalue weighted by atomic mass is 10.2. The molecular weight excluding hydrogens is 446 g/mol. The number of nitrogens with zero attached hydrogens (tertiary/aromatic N) is 5. The molecule has 0 atom stereocenters. The molecule has 172 valence electrons. The molecule has 0 spiro atoms. The van der Waals surface area contributed by atoms with Crippen molar-refractivity contribution in [1.29, 1.82) is 0 Å². The molecule has 5 aromatic rings. The number of thioether (sulfide) groups is 1. The average Bonchev–Trinajstić information content (AvgIpc) is 3.47. The molecule has 0 bridgehead atoms. The first-order valence-corrected chi connectivity index (χ1v) is 12.2. The number of carbonyl (C=O) groups is 1. The molecule has 0 fully saturated rings. The summed E-state index contributed by atoms with van der Waals surface area (Å²) in [5.41, 5.74) is 3.62. The van der Waals surface area contributed by atoms with Gasteiger partial charge in [0.2, 0.25) is 5.91 Å². The van der Waals surface area contributed by atoms with Crippen LogP contribution in [-0.4, -0.2) is 47.9 Å². The van der Waals surface area contributed by atoms with E-state index in [9.17, 15) is 4.79 Å². The van der Waals surface area contributed by atoms with Crippen molar-refractivity contribution >= 4 is 39.7 Å². The van der Waals surface area contributed by atoms with Crippen LogP contribution in [0.3, 0.4) is 0 Å². The summed E-state index contributed by atoms with van der Waals surface area (Å²) >= 11 is 1.41. The summed E-state index contributed by atoms with van der Waals surface area (Å²) in [6.45, 7) is 4.63. The Balaban J connectivity index is 1.27. The van der Waals surface area contributed by atoms with E-state index in [2.05, 4.69) is 34.2 Å². The third kappa shape index (κ3) is 4.65. The van der Waals surface area contributed by atoms with Crippen LogP contribution < -0.4 is 5.32 Å². The molecule has 0 aliphatic carbocycles. The maximum atomic E-state index is 12.5. The van der Waals surface area contributed by atoms with E-state index < -0.39 is 0 Å². The van der Waals surface area contributed by atoms with Crippen molar-refractivity contribution in [3.8, 4) is 5.69 Å². The molecule has 5 rings (SSSR count). The molecule has 3 heterocycles. The molecule has 0 unspecified atom stereocenters. The number of imidazole rings is 1. The summed E-state index contributed by atoms with van der Waals surface area (Å²) in [6, 6.07) is 17.8. The summed E-state index contributed by atoms with van der Waals surface area (Å²) < 4.78 is 1.82. The van der Waals surface area contributed by atoms with Gasteiger partial charge in [-0.2, -0.15) is 5.10 Å². The monoisotopic (exact) mass is 471 g/mol. The van der Waals surface area contributed by atoms with Gasteiger partial charge in [0.1, 0.15) is 16.7 Å². The Kier molecular flexibility index (Phi) is 6.27. The minimum atomic E-state index is -0.0468. The molecule has 0 radical (unpaired) electrons. The van der Waals surface area contributed by atoms with Gasteiger partial charge in [-0.25, -0.2) is 19.6 Å². The predicted octanol–water partition coefficient (Wildman–Crippen LogP) is 4.27. The maximum Gasteiger partial charge on any atom is 0.230 e. The Morgan fingerprint density at radius 1 is 1.06 bits per heavy atom. The molecule has 34 heavy (non-hydrogen) atoms. The van der Waals surface area contributed by atoms with Crippen molar-refractivity contribution in [1.82, 2.24) is 35.0 Å². The topological polar surface area (TPSA) is 101 Å². The minimum absolute atomic E-state index is 0.0468. The van der Waals surface area contributed by atoms with E-state index >= 15 is 0 Å². The standard InChI is InChI=1S/C25H25N7OS/c1-16(2)23-30-24-18(14-27-32(24)17-8-4-3-5-9-17)25(31-23)34-15-22(33)26-13-12-21-28-19-10-6-7-11-20(19)29-21/h3-11,14,16H,12-13,15H2,1-2H3,(H,26,33)(H,28,29). The summed E-state index contributed by atoms with van der Waals surface area (Å²) in [7, 11) is 0. The van der Waals surface area contributed by atoms with Crippen molar-refractivity contribution in [2.75, 3.05) is 12.3 Å². The van der Waals surface area contributed by atoms with Crippen LogP contribution in [0.5, 0.6) is 0 Å². The number of rotatable bonds is 8. The normalized spacial score (nSPS) is 11.5. The first kappa shape index (κ1) is 22.1. The lowest BCUT2D eigenvalue weighted by molar-refractivity contribution is -0.118. The molecule has 0 aliphatic heterocycles. The van der Waals surface area contributed by atoms with Crippen molar-refractivity contribution in [3.05, 3.63) is 72.4 Å². The summed E-state index contributed by atoms with van der Waals surface area (Å²) in [5.74, 6) is 1.97. The minimum Gasteiger partial charge on any atom is -0.355 e. The number of amides is 1. The van der Waals surface area contributed by atoms with Crippen LogP contribution in [0, 0.1) is 0 Å². The van der Waals surface area contributed by atoms with Gasteiger partial charge in [0.25, 0.3) is 0 Å². The molecular formula is C25H25N7OS. The third-order valence-corrected chi connectivity index (χ3v) is 6.38. The fourth-order valence-electron chi connectivity index (χ4n) is 3.65. The lowest BCUT2D eigenvalue weighted by Crippen LogP contribution is -2.27. The maximum absolute atomic E-state index is 12.5. The second kappa shape index (κ2) is 9.64. The molecule has 0 saturated heterocycles. The average molecular weight is 472 g/mol. The highest BCUT2D eigenvalue weighted by atomic mass is 32.2. The second-order valence-electron chi connectivity index (χ2n) is 8.26. The number of carbonyl (C=O) groups excluding carboxylic acids is 1. The molecule has 2 N–H and O–H groups in total. The van der Waals surface area contributed by atoms with Crippen LogP contribution in [0.25, 0.3) is 27.8 Å². The van der Waals surface area contributed by atoms with Crippen LogP contribution >= 0.6 is 11.8 Å². The Morgan fingerprint density at radius 3 is 2.65 bits per heavy atom. The summed E-state index contributed by atoms with van der Waals surface area (Å²) in [5, 5.41) is 9.13. The van der Waals surface area contributed by atoms with Crippen molar-refractivity contribution in [3.63, 3.8) is 0 Å². The number of fused-ring (bicyclic) bond motifs is 2. The largest absolute Gasteiger partial charge is 0.355 e. The number of aromatic amines is 1. The Labute approximate surface area is 201 Å². The zero-order valence-electron chi connectivity index (χ0n) is 19.0. The zero-order chi connectivity index (χ0) is 23.5. The van der Waals surface area contributed by atoms with Gasteiger partial charge >= 0.3 is 0 Å². The Bertz CT molecular complexity index is 1410. The number of nitrogens with one attached hydrogen (secondary N) is 2. The number of para-hydroxylation sites is 3. The number of hydrogen-bond acceptors (Lipinski definition) is 6. The quantitative estimate of drug-likeness (QED) is 0.259. The SMILES string of the molecule is CC(C)c1nc(SCC(=O)NCCc2nc3ccccc3[nH]2)c2cnn(-c3ccccc3)c2n1. The number of aromatic nitrogens is 6. The van der Waals surface area contributed by atoms with E-state index in [1.54, 1.807) is 6.20 Å². The molecule has 9 heteroatoms. The molecule has 0 aliphatic rings. The van der Waals surface area contributed by atoms with Gasteiger partial charge in [0.05, 0.1) is 34.1 Å². The van der Waals surface area contributed by atoms with E-state index in [1.165, 1.54) is 11.8 Å². The Morgan fingerprint density at radius 2 is 1.85 bits per heavy atom. The molecule has 1 amide bonds. The van der Waals surface area contributed by atoms with Crippen LogP contribution in [-0.2, 0) is 11.2 Å². The van der Waals surface area contributed by atoms with Gasteiger partial charge in [0, 0.05) is 18.9 Å². The highest BCUT2D eigenvalue weighted by Gasteiger charge is 2.17. The zero-order valence-corrected chi connectivity index (χ0v) is 19.8. The van der Waals surface area contributed by atoms with Crippen LogP contribution in [0.15, 0.2) is 65.8 Å². The third-order valence-electron chi connectivity index (χ3n) is 5.39. The van der Waals surface area contributed by atoms with Crippen molar-refractivity contribution in [2.24, 2.45) is 0 Å².